The van der Waals surface area contributed by atoms with Gasteiger partial charge >= 0.3 is 21.7 Å². The highest BCUT2D eigenvalue weighted by Gasteiger charge is 2.49. The van der Waals surface area contributed by atoms with Crippen LogP contribution in [0, 0.1) is 5.92 Å². The van der Waals surface area contributed by atoms with E-state index in [9.17, 15) is 26.4 Å². The van der Waals surface area contributed by atoms with E-state index < -0.39 is 27.3 Å². The van der Waals surface area contributed by atoms with Gasteiger partial charge in [0.2, 0.25) is 0 Å². The van der Waals surface area contributed by atoms with E-state index in [1.54, 1.807) is 39.0 Å². The smallest absolute Gasteiger partial charge is 0.444 e. The van der Waals surface area contributed by atoms with Crippen molar-refractivity contribution in [2.45, 2.75) is 63.6 Å². The number of likely N-dealkylation sites (tertiary alicyclic amines) is 1. The molecule has 2 heterocycles. The zero-order chi connectivity index (χ0) is 27.2. The van der Waals surface area contributed by atoms with Gasteiger partial charge in [-0.05, 0) is 69.7 Å². The summed E-state index contributed by atoms with van der Waals surface area (Å²) in [6.07, 6.45) is 3.34. The quantitative estimate of drug-likeness (QED) is 0.412. The summed E-state index contributed by atoms with van der Waals surface area (Å²) in [5.74, 6) is 0.320. The number of ether oxygens (including phenoxy) is 2. The van der Waals surface area contributed by atoms with Crippen molar-refractivity contribution in [2.24, 2.45) is 5.92 Å². The van der Waals surface area contributed by atoms with Crippen LogP contribution in [-0.4, -0.2) is 60.7 Å². The predicted octanol–water partition coefficient (Wildman–Crippen LogP) is 4.74. The Morgan fingerprint density at radius 1 is 1.19 bits per heavy atom. The van der Waals surface area contributed by atoms with Crippen LogP contribution in [0.15, 0.2) is 18.3 Å². The molecule has 4 rings (SSSR count). The molecular weight excluding hydrogens is 515 g/mol. The molecular formula is C24H30F3N3O6S. The monoisotopic (exact) mass is 545 g/mol. The van der Waals surface area contributed by atoms with Crippen LogP contribution in [0.3, 0.4) is 0 Å². The average molecular weight is 546 g/mol. The summed E-state index contributed by atoms with van der Waals surface area (Å²) in [7, 11) is -4.17. The van der Waals surface area contributed by atoms with Crippen molar-refractivity contribution in [3.05, 3.63) is 35.3 Å². The molecule has 204 valence electrons. The van der Waals surface area contributed by atoms with E-state index in [1.165, 1.54) is 12.1 Å². The van der Waals surface area contributed by atoms with Crippen molar-refractivity contribution in [1.82, 2.24) is 14.9 Å². The Hall–Kier alpha value is -2.80. The van der Waals surface area contributed by atoms with Crippen LogP contribution in [0.25, 0.3) is 11.3 Å². The maximum Gasteiger partial charge on any atom is 0.534 e. The van der Waals surface area contributed by atoms with E-state index in [0.29, 0.717) is 67.0 Å². The molecule has 0 radical (unpaired) electrons. The van der Waals surface area contributed by atoms with Crippen LogP contribution in [0.1, 0.15) is 56.6 Å². The molecule has 2 aromatic rings. The molecule has 0 unspecified atom stereocenters. The number of methoxy groups -OCH3 is 1. The van der Waals surface area contributed by atoms with Gasteiger partial charge in [0.25, 0.3) is 0 Å². The van der Waals surface area contributed by atoms with E-state index in [4.69, 9.17) is 9.47 Å². The van der Waals surface area contributed by atoms with Gasteiger partial charge in [-0.2, -0.15) is 21.6 Å². The van der Waals surface area contributed by atoms with Gasteiger partial charge in [-0.25, -0.2) is 9.78 Å². The van der Waals surface area contributed by atoms with Crippen molar-refractivity contribution in [3.63, 3.8) is 0 Å². The molecule has 2 aliphatic rings. The average Bonchev–Trinajstić information content (AvgIpc) is 3.51. The third-order valence-corrected chi connectivity index (χ3v) is 7.31. The maximum absolute atomic E-state index is 12.9. The number of hydrogen-bond acceptors (Lipinski definition) is 7. The van der Waals surface area contributed by atoms with E-state index in [1.807, 2.05) is 0 Å². The molecule has 1 aromatic carbocycles. The maximum atomic E-state index is 12.9. The fourth-order valence-corrected chi connectivity index (χ4v) is 5.36. The van der Waals surface area contributed by atoms with E-state index in [-0.39, 0.29) is 17.7 Å². The summed E-state index contributed by atoms with van der Waals surface area (Å²) in [5, 5.41) is 0. The number of rotatable bonds is 6. The first kappa shape index (κ1) is 27.2. The molecule has 1 saturated heterocycles. The minimum atomic E-state index is -5.77. The van der Waals surface area contributed by atoms with Gasteiger partial charge in [0.1, 0.15) is 17.2 Å². The van der Waals surface area contributed by atoms with Crippen LogP contribution in [0.5, 0.6) is 5.75 Å². The lowest BCUT2D eigenvalue weighted by Crippen LogP contribution is -2.37. The number of aromatic amines is 1. The van der Waals surface area contributed by atoms with Gasteiger partial charge in [-0.3, -0.25) is 4.90 Å². The molecule has 1 N–H and O–H groups in total. The van der Waals surface area contributed by atoms with Crippen LogP contribution in [0.4, 0.5) is 18.0 Å². The summed E-state index contributed by atoms with van der Waals surface area (Å²) in [4.78, 5) is 22.3. The summed E-state index contributed by atoms with van der Waals surface area (Å²) in [6, 6.07) is 2.38. The second-order valence-electron chi connectivity index (χ2n) is 10.3. The SMILES string of the molecule is COC[C@H]1C[C@@H](c2ncc(-c3ccc(OS(=O)(=O)C(F)(F)F)c4c3CCC4)[nH]2)N(C(=O)OC(C)(C)C)C1. The molecule has 0 saturated carbocycles. The number of aromatic nitrogens is 2. The van der Waals surface area contributed by atoms with Crippen molar-refractivity contribution >= 4 is 16.2 Å². The van der Waals surface area contributed by atoms with Crippen LogP contribution in [0.2, 0.25) is 0 Å². The lowest BCUT2D eigenvalue weighted by molar-refractivity contribution is -0.0500. The lowest BCUT2D eigenvalue weighted by Gasteiger charge is -2.27. The number of H-pyrrole nitrogens is 1. The van der Waals surface area contributed by atoms with Crippen molar-refractivity contribution < 1.29 is 40.0 Å². The molecule has 9 nitrogen and oxygen atoms in total. The first-order valence-electron chi connectivity index (χ1n) is 11.9. The van der Waals surface area contributed by atoms with Crippen molar-refractivity contribution in [1.29, 1.82) is 0 Å². The minimum absolute atomic E-state index is 0.0901. The van der Waals surface area contributed by atoms with Crippen LogP contribution >= 0.6 is 0 Å². The van der Waals surface area contributed by atoms with Gasteiger partial charge in [0.15, 0.2) is 0 Å². The van der Waals surface area contributed by atoms with Crippen molar-refractivity contribution in [3.8, 4) is 17.0 Å². The Bertz CT molecular complexity index is 1270. The van der Waals surface area contributed by atoms with Crippen LogP contribution < -0.4 is 4.18 Å². The Morgan fingerprint density at radius 3 is 2.54 bits per heavy atom. The highest BCUT2D eigenvalue weighted by Crippen LogP contribution is 2.41. The Morgan fingerprint density at radius 2 is 1.89 bits per heavy atom. The lowest BCUT2D eigenvalue weighted by atomic mass is 10.0. The summed E-state index contributed by atoms with van der Waals surface area (Å²) in [5.41, 5.74) is -3.75. The normalized spacial score (nSPS) is 20.2. The van der Waals surface area contributed by atoms with Gasteiger partial charge in [0.05, 0.1) is 24.5 Å². The summed E-state index contributed by atoms with van der Waals surface area (Å²) >= 11 is 0. The standard InChI is InChI=1S/C24H30F3N3O6S/c1-23(2,3)35-22(31)30-12-14(13-34-4)10-19(30)21-28-11-18(29-21)16-8-9-20(17-7-5-6-15(16)17)36-37(32,33)24(25,26)27/h8-9,11,14,19H,5-7,10,12-13H2,1-4H3,(H,28,29)/t14-,19-/m0/s1. The highest BCUT2D eigenvalue weighted by molar-refractivity contribution is 7.88. The molecule has 1 amide bonds. The fourth-order valence-electron chi connectivity index (χ4n) is 4.87. The van der Waals surface area contributed by atoms with Gasteiger partial charge < -0.3 is 18.6 Å². The zero-order valence-corrected chi connectivity index (χ0v) is 21.8. The Kier molecular flexibility index (Phi) is 7.23. The zero-order valence-electron chi connectivity index (χ0n) is 21.0. The number of imidazole rings is 1. The van der Waals surface area contributed by atoms with E-state index in [0.717, 1.165) is 0 Å². The molecule has 0 bridgehead atoms. The fraction of sp³-hybridized carbons (Fsp3) is 0.583. The van der Waals surface area contributed by atoms with E-state index in [2.05, 4.69) is 14.2 Å². The molecule has 2 atom stereocenters. The van der Waals surface area contributed by atoms with Crippen LogP contribution in [-0.2, 0) is 32.4 Å². The molecule has 0 spiro atoms. The first-order chi connectivity index (χ1) is 17.2. The summed E-state index contributed by atoms with van der Waals surface area (Å²) < 4.78 is 77.0. The number of alkyl halides is 3. The second-order valence-corrected chi connectivity index (χ2v) is 11.8. The summed E-state index contributed by atoms with van der Waals surface area (Å²) in [6.45, 7) is 6.29. The van der Waals surface area contributed by atoms with Gasteiger partial charge in [-0.15, -0.1) is 0 Å². The largest absolute Gasteiger partial charge is 0.534 e. The number of nitrogens with one attached hydrogen (secondary N) is 1. The third-order valence-electron chi connectivity index (χ3n) is 6.34. The molecule has 13 heteroatoms. The topological polar surface area (TPSA) is 111 Å². The number of carbonyl (C=O) groups excluding carboxylic acids is 1. The number of halogens is 3. The predicted molar refractivity (Wildman–Crippen MR) is 127 cm³/mol. The number of nitrogens with zero attached hydrogens (tertiary/aromatic N) is 2. The minimum Gasteiger partial charge on any atom is -0.444 e. The second kappa shape index (κ2) is 9.82. The molecule has 1 aliphatic carbocycles. The van der Waals surface area contributed by atoms with Crippen molar-refractivity contribution in [2.75, 3.05) is 20.3 Å². The molecule has 1 aromatic heterocycles. The van der Waals surface area contributed by atoms with Gasteiger partial charge in [0, 0.05) is 25.1 Å². The number of benzene rings is 1. The number of carbonyl (C=O) groups is 1. The Balaban J connectivity index is 1.63. The first-order valence-corrected chi connectivity index (χ1v) is 13.3. The Labute approximate surface area is 213 Å². The highest BCUT2D eigenvalue weighted by atomic mass is 32.2. The molecule has 37 heavy (non-hydrogen) atoms. The van der Waals surface area contributed by atoms with E-state index >= 15 is 0 Å². The number of hydrogen-bond donors (Lipinski definition) is 1. The third kappa shape index (κ3) is 5.71. The number of fused-ring (bicyclic) bond motifs is 1. The molecule has 1 aliphatic heterocycles. The molecule has 1 fully saturated rings. The number of amides is 1. The van der Waals surface area contributed by atoms with Gasteiger partial charge in [-0.1, -0.05) is 0 Å².